The van der Waals surface area contributed by atoms with Gasteiger partial charge >= 0.3 is 0 Å². The molecule has 1 N–H and O–H groups in total. The zero-order chi connectivity index (χ0) is 18.4. The van der Waals surface area contributed by atoms with Gasteiger partial charge in [-0.15, -0.1) is 10.2 Å². The Bertz CT molecular complexity index is 1240. The predicted molar refractivity (Wildman–Crippen MR) is 107 cm³/mol. The summed E-state index contributed by atoms with van der Waals surface area (Å²) in [7, 11) is 0. The zero-order valence-electron chi connectivity index (χ0n) is 13.7. The van der Waals surface area contributed by atoms with Gasteiger partial charge in [-0.05, 0) is 30.3 Å². The maximum Gasteiger partial charge on any atom is 0.235 e. The highest BCUT2D eigenvalue weighted by molar-refractivity contribution is 7.16. The Kier molecular flexibility index (Phi) is 4.00. The Morgan fingerprint density at radius 1 is 1.07 bits per heavy atom. The lowest BCUT2D eigenvalue weighted by Crippen LogP contribution is -1.98. The van der Waals surface area contributed by atoms with Gasteiger partial charge in [-0.2, -0.15) is 9.61 Å². The lowest BCUT2D eigenvalue weighted by atomic mass is 10.2. The second-order valence-electron chi connectivity index (χ2n) is 5.85. The molecular formula is C18H11Cl2N5OS. The first-order chi connectivity index (χ1) is 13.2. The van der Waals surface area contributed by atoms with Gasteiger partial charge in [0.2, 0.25) is 10.8 Å². The molecule has 0 radical (unpaired) electrons. The van der Waals surface area contributed by atoms with Gasteiger partial charge in [-0.1, -0.05) is 52.7 Å². The molecule has 5 aromatic rings. The topological polar surface area (TPSA) is 68.1 Å². The summed E-state index contributed by atoms with van der Waals surface area (Å²) >= 11 is 13.5. The van der Waals surface area contributed by atoms with Crippen LogP contribution in [-0.2, 0) is 6.61 Å². The van der Waals surface area contributed by atoms with Gasteiger partial charge in [0, 0.05) is 15.9 Å². The molecule has 0 saturated carbocycles. The molecule has 2 aromatic carbocycles. The molecule has 9 heteroatoms. The van der Waals surface area contributed by atoms with Crippen LogP contribution in [0.3, 0.4) is 0 Å². The van der Waals surface area contributed by atoms with Crippen LogP contribution in [0.2, 0.25) is 10.0 Å². The van der Waals surface area contributed by atoms with Crippen molar-refractivity contribution < 1.29 is 4.74 Å². The van der Waals surface area contributed by atoms with Gasteiger partial charge in [0.05, 0.1) is 10.7 Å². The Labute approximate surface area is 167 Å². The molecule has 3 aromatic heterocycles. The van der Waals surface area contributed by atoms with Crippen LogP contribution < -0.4 is 4.74 Å². The molecule has 6 nitrogen and oxygen atoms in total. The molecule has 0 saturated heterocycles. The summed E-state index contributed by atoms with van der Waals surface area (Å²) in [5.41, 5.74) is 1.91. The molecule has 0 fully saturated rings. The highest BCUT2D eigenvalue weighted by Crippen LogP contribution is 2.29. The van der Waals surface area contributed by atoms with Gasteiger partial charge in [0.15, 0.2) is 5.01 Å². The van der Waals surface area contributed by atoms with E-state index in [1.54, 1.807) is 22.7 Å². The minimum atomic E-state index is 0.279. The zero-order valence-corrected chi connectivity index (χ0v) is 16.0. The fourth-order valence-electron chi connectivity index (χ4n) is 2.81. The largest absolute Gasteiger partial charge is 0.485 e. The Morgan fingerprint density at radius 3 is 2.81 bits per heavy atom. The fraction of sp³-hybridized carbons (Fsp3) is 0.0556. The summed E-state index contributed by atoms with van der Waals surface area (Å²) in [4.78, 5) is 4.05. The number of fused-ring (bicyclic) bond motifs is 2. The SMILES string of the molecule is Clc1ccc(OCc2nn3c(-c4cc5ccccc5[nH]4)nnc3s2)c(Cl)c1. The Morgan fingerprint density at radius 2 is 1.96 bits per heavy atom. The summed E-state index contributed by atoms with van der Waals surface area (Å²) in [6.07, 6.45) is 0. The van der Waals surface area contributed by atoms with E-state index >= 15 is 0 Å². The molecule has 27 heavy (non-hydrogen) atoms. The van der Waals surface area contributed by atoms with E-state index < -0.39 is 0 Å². The average molecular weight is 416 g/mol. The van der Waals surface area contributed by atoms with Crippen molar-refractivity contribution in [1.82, 2.24) is 24.8 Å². The second kappa shape index (κ2) is 6.53. The Hall–Kier alpha value is -2.61. The molecule has 0 aliphatic rings. The van der Waals surface area contributed by atoms with Gasteiger partial charge < -0.3 is 9.72 Å². The molecule has 0 spiro atoms. The first-order valence-electron chi connectivity index (χ1n) is 8.04. The average Bonchev–Trinajstić information content (AvgIpc) is 3.34. The third-order valence-electron chi connectivity index (χ3n) is 4.05. The Balaban J connectivity index is 1.44. The molecule has 0 amide bonds. The van der Waals surface area contributed by atoms with Crippen LogP contribution in [0, 0.1) is 0 Å². The van der Waals surface area contributed by atoms with Gasteiger partial charge in [-0.3, -0.25) is 0 Å². The van der Waals surface area contributed by atoms with Gasteiger partial charge in [-0.25, -0.2) is 0 Å². The number of halogens is 2. The number of para-hydroxylation sites is 1. The molecular weight excluding hydrogens is 405 g/mol. The van der Waals surface area contributed by atoms with Crippen LogP contribution in [0.4, 0.5) is 0 Å². The molecule has 134 valence electrons. The number of hydrogen-bond acceptors (Lipinski definition) is 5. The van der Waals surface area contributed by atoms with Crippen molar-refractivity contribution >= 4 is 50.4 Å². The van der Waals surface area contributed by atoms with E-state index in [4.69, 9.17) is 27.9 Å². The summed E-state index contributed by atoms with van der Waals surface area (Å²) in [6, 6.07) is 15.2. The summed E-state index contributed by atoms with van der Waals surface area (Å²) in [5.74, 6) is 1.22. The molecule has 0 atom stereocenters. The standard InChI is InChI=1S/C18H11Cl2N5OS/c19-11-5-6-15(12(20)8-11)26-9-16-24-25-17(22-23-18(25)27-16)14-7-10-3-1-2-4-13(10)21-14/h1-8,21H,9H2. The van der Waals surface area contributed by atoms with Crippen molar-refractivity contribution in [3.63, 3.8) is 0 Å². The maximum absolute atomic E-state index is 6.14. The summed E-state index contributed by atoms with van der Waals surface area (Å²) in [5, 5.41) is 16.0. The number of aromatic amines is 1. The fourth-order valence-corrected chi connectivity index (χ4v) is 4.02. The quantitative estimate of drug-likeness (QED) is 0.436. The highest BCUT2D eigenvalue weighted by Gasteiger charge is 2.16. The van der Waals surface area contributed by atoms with E-state index in [9.17, 15) is 0 Å². The number of benzene rings is 2. The van der Waals surface area contributed by atoms with Crippen LogP contribution in [0.15, 0.2) is 48.5 Å². The van der Waals surface area contributed by atoms with Crippen molar-refractivity contribution in [1.29, 1.82) is 0 Å². The minimum Gasteiger partial charge on any atom is -0.485 e. The van der Waals surface area contributed by atoms with Crippen LogP contribution >= 0.6 is 34.5 Å². The van der Waals surface area contributed by atoms with Crippen LogP contribution in [0.1, 0.15) is 5.01 Å². The van der Waals surface area contributed by atoms with E-state index in [-0.39, 0.29) is 6.61 Å². The minimum absolute atomic E-state index is 0.279. The molecule has 3 heterocycles. The highest BCUT2D eigenvalue weighted by atomic mass is 35.5. The van der Waals surface area contributed by atoms with Crippen LogP contribution in [0.5, 0.6) is 5.75 Å². The molecule has 0 aliphatic carbocycles. The number of rotatable bonds is 4. The monoisotopic (exact) mass is 415 g/mol. The van der Waals surface area contributed by atoms with Gasteiger partial charge in [0.1, 0.15) is 12.4 Å². The first-order valence-corrected chi connectivity index (χ1v) is 9.62. The smallest absolute Gasteiger partial charge is 0.235 e. The number of ether oxygens (including phenoxy) is 1. The molecule has 0 aliphatic heterocycles. The van der Waals surface area contributed by atoms with Crippen molar-refractivity contribution in [2.45, 2.75) is 6.61 Å². The third kappa shape index (κ3) is 3.03. The van der Waals surface area contributed by atoms with Crippen LogP contribution in [-0.4, -0.2) is 24.8 Å². The predicted octanol–water partition coefficient (Wildman–Crippen LogP) is 5.22. The van der Waals surface area contributed by atoms with E-state index in [1.165, 1.54) is 11.3 Å². The number of hydrogen-bond donors (Lipinski definition) is 1. The molecule has 0 unspecified atom stereocenters. The van der Waals surface area contributed by atoms with Crippen molar-refractivity contribution in [3.05, 3.63) is 63.6 Å². The van der Waals surface area contributed by atoms with E-state index in [0.29, 0.717) is 26.6 Å². The van der Waals surface area contributed by atoms with Crippen LogP contribution in [0.25, 0.3) is 27.4 Å². The van der Waals surface area contributed by atoms with E-state index in [1.807, 2.05) is 30.3 Å². The lowest BCUT2D eigenvalue weighted by Gasteiger charge is -2.05. The first kappa shape index (κ1) is 16.6. The van der Waals surface area contributed by atoms with Crippen molar-refractivity contribution in [3.8, 4) is 17.3 Å². The number of nitrogens with zero attached hydrogens (tertiary/aromatic N) is 4. The normalized spacial score (nSPS) is 11.5. The third-order valence-corrected chi connectivity index (χ3v) is 5.45. The molecule has 0 bridgehead atoms. The number of H-pyrrole nitrogens is 1. The summed E-state index contributed by atoms with van der Waals surface area (Å²) in [6.45, 7) is 0.279. The lowest BCUT2D eigenvalue weighted by molar-refractivity contribution is 0.304. The second-order valence-corrected chi connectivity index (χ2v) is 7.73. The van der Waals surface area contributed by atoms with E-state index in [0.717, 1.165) is 21.6 Å². The van der Waals surface area contributed by atoms with E-state index in [2.05, 4.69) is 20.3 Å². The number of nitrogens with one attached hydrogen (secondary N) is 1. The maximum atomic E-state index is 6.14. The summed E-state index contributed by atoms with van der Waals surface area (Å²) < 4.78 is 7.48. The van der Waals surface area contributed by atoms with Crippen molar-refractivity contribution in [2.75, 3.05) is 0 Å². The van der Waals surface area contributed by atoms with Crippen molar-refractivity contribution in [2.24, 2.45) is 0 Å². The number of aromatic nitrogens is 5. The molecule has 5 rings (SSSR count). The van der Waals surface area contributed by atoms with Gasteiger partial charge in [0.25, 0.3) is 0 Å².